The summed E-state index contributed by atoms with van der Waals surface area (Å²) in [7, 11) is 1.87. The third-order valence-corrected chi connectivity index (χ3v) is 8.33. The molecule has 2 fully saturated rings. The molecule has 0 unspecified atom stereocenters. The molecule has 2 atom stereocenters. The Bertz CT molecular complexity index is 1420. The Balaban J connectivity index is 1.39. The van der Waals surface area contributed by atoms with E-state index in [0.717, 1.165) is 40.8 Å². The van der Waals surface area contributed by atoms with Gasteiger partial charge in [-0.1, -0.05) is 23.7 Å². The molecule has 1 saturated heterocycles. The number of piperazine rings is 1. The third-order valence-electron chi connectivity index (χ3n) is 8.10. The van der Waals surface area contributed by atoms with Gasteiger partial charge in [0, 0.05) is 44.4 Å². The molecule has 0 bridgehead atoms. The zero-order valence-corrected chi connectivity index (χ0v) is 22.6. The van der Waals surface area contributed by atoms with Crippen LogP contribution >= 0.6 is 11.6 Å². The molecule has 6 rings (SSSR count). The number of rotatable bonds is 4. The lowest BCUT2D eigenvalue weighted by Gasteiger charge is -2.40. The van der Waals surface area contributed by atoms with Crippen LogP contribution < -0.4 is 0 Å². The molecule has 3 aliphatic rings. The number of aliphatic hydroxyl groups is 1. The van der Waals surface area contributed by atoms with Gasteiger partial charge in [-0.3, -0.25) is 9.88 Å². The Labute approximate surface area is 227 Å². The molecule has 1 N–H and O–H groups in total. The summed E-state index contributed by atoms with van der Waals surface area (Å²) in [6.07, 6.45) is 8.84. The molecule has 2 aliphatic carbocycles. The Hall–Kier alpha value is -3.20. The first-order valence-electron chi connectivity index (χ1n) is 13.0. The van der Waals surface area contributed by atoms with Crippen molar-refractivity contribution in [3.05, 3.63) is 82.2 Å². The second-order valence-electron chi connectivity index (χ2n) is 11.0. The van der Waals surface area contributed by atoms with Crippen LogP contribution in [0.3, 0.4) is 0 Å². The molecule has 1 aromatic carbocycles. The van der Waals surface area contributed by atoms with Gasteiger partial charge >= 0.3 is 6.09 Å². The number of fused-ring (bicyclic) bond motifs is 2. The van der Waals surface area contributed by atoms with Crippen molar-refractivity contribution in [2.24, 2.45) is 7.05 Å². The summed E-state index contributed by atoms with van der Waals surface area (Å²) in [6, 6.07) is 9.63. The number of hydrogen-bond donors (Lipinski definition) is 1. The molecule has 3 aromatic rings. The van der Waals surface area contributed by atoms with E-state index in [1.165, 1.54) is 0 Å². The summed E-state index contributed by atoms with van der Waals surface area (Å²) < 4.78 is 7.54. The van der Waals surface area contributed by atoms with E-state index in [9.17, 15) is 9.90 Å². The minimum atomic E-state index is -1.34. The van der Waals surface area contributed by atoms with E-state index < -0.39 is 5.60 Å². The molecule has 198 valence electrons. The number of nitrogens with zero attached hydrogens (tertiary/aromatic N) is 5. The first-order valence-corrected chi connectivity index (χ1v) is 13.4. The first-order chi connectivity index (χ1) is 18.2. The van der Waals surface area contributed by atoms with E-state index in [0.29, 0.717) is 36.9 Å². The van der Waals surface area contributed by atoms with Crippen molar-refractivity contribution in [1.82, 2.24) is 24.3 Å². The summed E-state index contributed by atoms with van der Waals surface area (Å²) >= 11 is 6.54. The number of hydrogen-bond acceptors (Lipinski definition) is 6. The molecular weight excluding hydrogens is 502 g/mol. The van der Waals surface area contributed by atoms with Crippen LogP contribution in [-0.4, -0.2) is 67.3 Å². The van der Waals surface area contributed by atoms with E-state index in [4.69, 9.17) is 21.3 Å². The number of amides is 1. The predicted molar refractivity (Wildman–Crippen MR) is 145 cm³/mol. The van der Waals surface area contributed by atoms with Gasteiger partial charge in [0.2, 0.25) is 0 Å². The predicted octanol–water partition coefficient (Wildman–Crippen LogP) is 4.63. The zero-order chi connectivity index (χ0) is 26.7. The number of carbonyl (C=O) groups excluding carboxylic acids is 1. The Morgan fingerprint density at radius 2 is 1.97 bits per heavy atom. The second-order valence-corrected chi connectivity index (χ2v) is 11.4. The van der Waals surface area contributed by atoms with Crippen LogP contribution in [0.5, 0.6) is 0 Å². The van der Waals surface area contributed by atoms with E-state index in [1.54, 1.807) is 24.3 Å². The molecule has 0 radical (unpaired) electrons. The highest BCUT2D eigenvalue weighted by atomic mass is 35.5. The van der Waals surface area contributed by atoms with Gasteiger partial charge in [-0.15, -0.1) is 0 Å². The third kappa shape index (κ3) is 4.40. The molecule has 1 saturated carbocycles. The molecule has 0 spiro atoms. The monoisotopic (exact) mass is 533 g/mol. The number of imidazole rings is 1. The highest BCUT2D eigenvalue weighted by molar-refractivity contribution is 6.30. The summed E-state index contributed by atoms with van der Waals surface area (Å²) in [6.45, 7) is 6.26. The van der Waals surface area contributed by atoms with E-state index in [1.807, 2.05) is 61.1 Å². The van der Waals surface area contributed by atoms with Gasteiger partial charge in [0.15, 0.2) is 0 Å². The van der Waals surface area contributed by atoms with Gasteiger partial charge in [-0.2, -0.15) is 0 Å². The van der Waals surface area contributed by atoms with Crippen LogP contribution in [0.4, 0.5) is 4.79 Å². The number of pyridine rings is 1. The number of aromatic nitrogens is 3. The highest BCUT2D eigenvalue weighted by Crippen LogP contribution is 2.46. The lowest BCUT2D eigenvalue weighted by atomic mass is 9.84. The SMILES string of the molecule is Cn1cncc1[C@](C)(O)C1=Cc2cccnc2[C@@H](N2CCN(C(=O)OC3(C)CC3)CC2)c2ccc(Cl)cc21. The quantitative estimate of drug-likeness (QED) is 0.526. The fourth-order valence-electron chi connectivity index (χ4n) is 5.61. The van der Waals surface area contributed by atoms with Crippen LogP contribution in [0.15, 0.2) is 49.1 Å². The minimum Gasteiger partial charge on any atom is -0.443 e. The topological polar surface area (TPSA) is 83.7 Å². The summed E-state index contributed by atoms with van der Waals surface area (Å²) in [5, 5.41) is 12.6. The van der Waals surface area contributed by atoms with Gasteiger partial charge in [0.25, 0.3) is 0 Å². The van der Waals surface area contributed by atoms with Gasteiger partial charge in [-0.25, -0.2) is 9.78 Å². The molecule has 9 heteroatoms. The maximum atomic E-state index is 12.7. The number of carbonyl (C=O) groups is 1. The highest BCUT2D eigenvalue weighted by Gasteiger charge is 2.44. The Morgan fingerprint density at radius 1 is 1.21 bits per heavy atom. The van der Waals surface area contributed by atoms with Gasteiger partial charge in [-0.05, 0) is 73.2 Å². The van der Waals surface area contributed by atoms with Crippen LogP contribution in [0, 0.1) is 0 Å². The summed E-state index contributed by atoms with van der Waals surface area (Å²) in [4.78, 5) is 26.0. The molecule has 3 heterocycles. The summed E-state index contributed by atoms with van der Waals surface area (Å²) in [5.74, 6) is 0. The van der Waals surface area contributed by atoms with Gasteiger partial charge < -0.3 is 19.3 Å². The Kier molecular flexibility index (Phi) is 6.09. The molecule has 8 nitrogen and oxygen atoms in total. The largest absolute Gasteiger partial charge is 0.443 e. The van der Waals surface area contributed by atoms with E-state index in [-0.39, 0.29) is 17.7 Å². The fourth-order valence-corrected chi connectivity index (χ4v) is 5.79. The van der Waals surface area contributed by atoms with Crippen molar-refractivity contribution in [1.29, 1.82) is 0 Å². The van der Waals surface area contributed by atoms with Crippen LogP contribution in [0.2, 0.25) is 5.02 Å². The van der Waals surface area contributed by atoms with Crippen molar-refractivity contribution in [3.8, 4) is 0 Å². The lowest BCUT2D eigenvalue weighted by molar-refractivity contribution is 0.0380. The lowest BCUT2D eigenvalue weighted by Crippen LogP contribution is -2.50. The maximum absolute atomic E-state index is 12.7. The molecular formula is C29H32ClN5O3. The van der Waals surface area contributed by atoms with Crippen LogP contribution in [0.25, 0.3) is 11.6 Å². The Morgan fingerprint density at radius 3 is 2.66 bits per heavy atom. The van der Waals surface area contributed by atoms with Gasteiger partial charge in [0.05, 0.1) is 30.0 Å². The van der Waals surface area contributed by atoms with Crippen molar-refractivity contribution < 1.29 is 14.6 Å². The minimum absolute atomic E-state index is 0.173. The van der Waals surface area contributed by atoms with Crippen molar-refractivity contribution in [2.45, 2.75) is 43.9 Å². The fraction of sp³-hybridized carbons (Fsp3) is 0.414. The van der Waals surface area contributed by atoms with Gasteiger partial charge in [0.1, 0.15) is 11.2 Å². The smallest absolute Gasteiger partial charge is 0.410 e. The number of aryl methyl sites for hydroxylation is 1. The van der Waals surface area contributed by atoms with Crippen molar-refractivity contribution in [3.63, 3.8) is 0 Å². The van der Waals surface area contributed by atoms with Crippen molar-refractivity contribution in [2.75, 3.05) is 26.2 Å². The average Bonchev–Trinajstić information content (AvgIpc) is 3.49. The molecule has 1 aliphatic heterocycles. The molecule has 38 heavy (non-hydrogen) atoms. The standard InChI is InChI=1S/C29H32ClN5O3/c1-28(8-9-28)38-27(36)35-13-11-34(12-14-35)26-21-7-6-20(30)16-22(21)23(15-19-5-4-10-32-25(19)26)29(2,37)24-17-31-18-33(24)3/h4-7,10,15-18,26,37H,8-9,11-14H2,1-3H3/t26-,29+/m0/s1. The normalized spacial score (nSPS) is 22.0. The number of halogens is 1. The zero-order valence-electron chi connectivity index (χ0n) is 21.9. The van der Waals surface area contributed by atoms with Crippen molar-refractivity contribution >= 4 is 29.3 Å². The summed E-state index contributed by atoms with van der Waals surface area (Å²) in [5.41, 5.74) is 3.51. The number of ether oxygens (including phenoxy) is 1. The number of benzene rings is 1. The van der Waals surface area contributed by atoms with Crippen LogP contribution in [-0.2, 0) is 17.4 Å². The van der Waals surface area contributed by atoms with Crippen LogP contribution in [0.1, 0.15) is 60.8 Å². The average molecular weight is 534 g/mol. The van der Waals surface area contributed by atoms with E-state index >= 15 is 0 Å². The molecule has 1 amide bonds. The molecule has 2 aromatic heterocycles. The second kappa shape index (κ2) is 9.22. The van der Waals surface area contributed by atoms with E-state index in [2.05, 4.69) is 9.88 Å². The first kappa shape index (κ1) is 25.1. The maximum Gasteiger partial charge on any atom is 0.410 e.